The quantitative estimate of drug-likeness (QED) is 0.481. The first-order valence-electron chi connectivity index (χ1n) is 11.7. The van der Waals surface area contributed by atoms with Crippen LogP contribution < -0.4 is 10.6 Å². The number of rotatable bonds is 6. The first kappa shape index (κ1) is 23.0. The van der Waals surface area contributed by atoms with E-state index in [9.17, 15) is 9.18 Å². The van der Waals surface area contributed by atoms with Gasteiger partial charge in [0.25, 0.3) is 5.91 Å². The molecule has 5 nitrogen and oxygen atoms in total. The molecule has 2 N–H and O–H groups in total. The van der Waals surface area contributed by atoms with Crippen molar-refractivity contribution in [1.82, 2.24) is 15.1 Å². The van der Waals surface area contributed by atoms with E-state index in [2.05, 4.69) is 36.6 Å². The Morgan fingerprint density at radius 3 is 2.42 bits per heavy atom. The van der Waals surface area contributed by atoms with E-state index in [0.717, 1.165) is 6.42 Å². The number of hydrogen-bond acceptors (Lipinski definition) is 3. The predicted molar refractivity (Wildman–Crippen MR) is 130 cm³/mol. The monoisotopic (exact) mass is 448 g/mol. The molecule has 1 amide bonds. The van der Waals surface area contributed by atoms with Crippen LogP contribution in [0.1, 0.15) is 80.2 Å². The van der Waals surface area contributed by atoms with Crippen LogP contribution in [0.2, 0.25) is 0 Å². The van der Waals surface area contributed by atoms with Crippen LogP contribution in [0.5, 0.6) is 0 Å². The van der Waals surface area contributed by atoms with Gasteiger partial charge < -0.3 is 10.6 Å². The molecule has 1 atom stereocenters. The number of aromatic nitrogens is 2. The third-order valence-corrected chi connectivity index (χ3v) is 7.03. The molecule has 4 rings (SSSR count). The number of aryl methyl sites for hydroxylation is 1. The Kier molecular flexibility index (Phi) is 6.04. The van der Waals surface area contributed by atoms with Crippen molar-refractivity contribution in [2.45, 2.75) is 71.0 Å². The molecule has 0 spiro atoms. The summed E-state index contributed by atoms with van der Waals surface area (Å²) in [6, 6.07) is 17.0. The molecule has 0 aliphatic carbocycles. The summed E-state index contributed by atoms with van der Waals surface area (Å²) in [5.41, 5.74) is 1.79. The van der Waals surface area contributed by atoms with Gasteiger partial charge in [-0.25, -0.2) is 9.07 Å². The van der Waals surface area contributed by atoms with Crippen LogP contribution in [0, 0.1) is 12.7 Å². The number of benzene rings is 2. The molecule has 2 heterocycles. The molecular weight excluding hydrogens is 415 g/mol. The number of hydrogen-bond donors (Lipinski definition) is 2. The van der Waals surface area contributed by atoms with Gasteiger partial charge >= 0.3 is 0 Å². The lowest BCUT2D eigenvalue weighted by Crippen LogP contribution is -2.46. The van der Waals surface area contributed by atoms with Gasteiger partial charge in [-0.15, -0.1) is 0 Å². The first-order valence-corrected chi connectivity index (χ1v) is 11.7. The van der Waals surface area contributed by atoms with Crippen molar-refractivity contribution >= 4 is 11.7 Å². The molecule has 0 unspecified atom stereocenters. The Labute approximate surface area is 195 Å². The highest BCUT2D eigenvalue weighted by molar-refractivity contribution is 6.00. The summed E-state index contributed by atoms with van der Waals surface area (Å²) in [7, 11) is 0. The lowest BCUT2D eigenvalue weighted by atomic mass is 9.84. The average molecular weight is 449 g/mol. The van der Waals surface area contributed by atoms with Gasteiger partial charge in [0.1, 0.15) is 17.2 Å². The van der Waals surface area contributed by atoms with Gasteiger partial charge in [0.05, 0.1) is 22.8 Å². The predicted octanol–water partition coefficient (Wildman–Crippen LogP) is 6.07. The number of halogens is 1. The van der Waals surface area contributed by atoms with Gasteiger partial charge in [0.15, 0.2) is 0 Å². The van der Waals surface area contributed by atoms with E-state index < -0.39 is 5.54 Å². The normalized spacial score (nSPS) is 17.2. The first-order chi connectivity index (χ1) is 15.7. The van der Waals surface area contributed by atoms with E-state index in [1.807, 2.05) is 49.7 Å². The Morgan fingerprint density at radius 2 is 1.79 bits per heavy atom. The molecule has 3 aromatic rings. The molecule has 1 aliphatic heterocycles. The summed E-state index contributed by atoms with van der Waals surface area (Å²) < 4.78 is 16.7. The second-order valence-corrected chi connectivity index (χ2v) is 9.57. The van der Waals surface area contributed by atoms with Crippen molar-refractivity contribution in [3.8, 4) is 0 Å². The summed E-state index contributed by atoms with van der Waals surface area (Å²) in [6.45, 7) is 10.1. The minimum absolute atomic E-state index is 0.0602. The minimum Gasteiger partial charge on any atom is -0.363 e. The summed E-state index contributed by atoms with van der Waals surface area (Å²) in [4.78, 5) is 13.7. The zero-order valence-corrected chi connectivity index (χ0v) is 20.1. The van der Waals surface area contributed by atoms with Gasteiger partial charge in [0, 0.05) is 5.56 Å². The summed E-state index contributed by atoms with van der Waals surface area (Å²) in [5.74, 6) is 0.168. The van der Waals surface area contributed by atoms with E-state index in [0.29, 0.717) is 35.5 Å². The largest absolute Gasteiger partial charge is 0.363 e. The molecule has 0 saturated heterocycles. The standard InChI is InChI=1S/C27H33FN4O/c1-6-27(7-2,20-15-11-12-16-21(20)28)30-25(33)23-18(3)31-32-24(23)29-22(17-26(32,4)5)19-13-9-8-10-14-19/h8-16,22,29H,6-7,17H2,1-5H3,(H,30,33)/t22-/m1/s1. The molecule has 1 aliphatic rings. The molecular formula is C27H33FN4O. The second-order valence-electron chi connectivity index (χ2n) is 9.57. The molecule has 0 bridgehead atoms. The molecule has 0 radical (unpaired) electrons. The van der Waals surface area contributed by atoms with Crippen molar-refractivity contribution < 1.29 is 9.18 Å². The lowest BCUT2D eigenvalue weighted by Gasteiger charge is -2.38. The highest BCUT2D eigenvalue weighted by Gasteiger charge is 2.40. The average Bonchev–Trinajstić information content (AvgIpc) is 3.15. The van der Waals surface area contributed by atoms with Crippen LogP contribution in [0.25, 0.3) is 0 Å². The summed E-state index contributed by atoms with van der Waals surface area (Å²) in [5, 5.41) is 11.5. The molecule has 6 heteroatoms. The van der Waals surface area contributed by atoms with Gasteiger partial charge in [-0.1, -0.05) is 62.4 Å². The van der Waals surface area contributed by atoms with E-state index in [1.54, 1.807) is 12.1 Å². The van der Waals surface area contributed by atoms with Crippen molar-refractivity contribution in [2.75, 3.05) is 5.32 Å². The molecule has 33 heavy (non-hydrogen) atoms. The topological polar surface area (TPSA) is 59.0 Å². The van der Waals surface area contributed by atoms with Crippen LogP contribution >= 0.6 is 0 Å². The van der Waals surface area contributed by atoms with Crippen molar-refractivity contribution in [1.29, 1.82) is 0 Å². The molecule has 1 aromatic heterocycles. The second kappa shape index (κ2) is 8.65. The van der Waals surface area contributed by atoms with E-state index >= 15 is 0 Å². The van der Waals surface area contributed by atoms with Crippen LogP contribution in [-0.4, -0.2) is 15.7 Å². The number of nitrogens with one attached hydrogen (secondary N) is 2. The van der Waals surface area contributed by atoms with Crippen molar-refractivity contribution in [3.05, 3.63) is 82.8 Å². The van der Waals surface area contributed by atoms with E-state index in [1.165, 1.54) is 11.6 Å². The number of anilines is 1. The van der Waals surface area contributed by atoms with Crippen molar-refractivity contribution in [3.63, 3.8) is 0 Å². The number of nitrogens with zero attached hydrogens (tertiary/aromatic N) is 2. The lowest BCUT2D eigenvalue weighted by molar-refractivity contribution is 0.0887. The maximum atomic E-state index is 14.8. The third kappa shape index (κ3) is 4.03. The number of amides is 1. The summed E-state index contributed by atoms with van der Waals surface area (Å²) >= 11 is 0. The minimum atomic E-state index is -0.799. The Balaban J connectivity index is 1.74. The molecule has 2 aromatic carbocycles. The van der Waals surface area contributed by atoms with Gasteiger partial charge in [-0.05, 0) is 51.7 Å². The van der Waals surface area contributed by atoms with Gasteiger partial charge in [0.2, 0.25) is 0 Å². The maximum absolute atomic E-state index is 14.8. The van der Waals surface area contributed by atoms with E-state index in [-0.39, 0.29) is 23.3 Å². The fraction of sp³-hybridized carbons (Fsp3) is 0.407. The fourth-order valence-electron chi connectivity index (χ4n) is 5.06. The van der Waals surface area contributed by atoms with Crippen LogP contribution in [0.3, 0.4) is 0 Å². The van der Waals surface area contributed by atoms with Crippen LogP contribution in [0.4, 0.5) is 10.2 Å². The third-order valence-electron chi connectivity index (χ3n) is 7.03. The highest BCUT2D eigenvalue weighted by Crippen LogP contribution is 2.41. The molecule has 0 saturated carbocycles. The molecule has 174 valence electrons. The fourth-order valence-corrected chi connectivity index (χ4v) is 5.06. The number of carbonyl (C=O) groups is 1. The van der Waals surface area contributed by atoms with Gasteiger partial charge in [-0.3, -0.25) is 4.79 Å². The van der Waals surface area contributed by atoms with Crippen LogP contribution in [-0.2, 0) is 11.1 Å². The maximum Gasteiger partial charge on any atom is 0.257 e. The Bertz CT molecular complexity index is 1150. The van der Waals surface area contributed by atoms with Gasteiger partial charge in [-0.2, -0.15) is 5.10 Å². The number of carbonyl (C=O) groups excluding carboxylic acids is 1. The zero-order chi connectivity index (χ0) is 23.8. The number of fused-ring (bicyclic) bond motifs is 1. The van der Waals surface area contributed by atoms with Crippen LogP contribution in [0.15, 0.2) is 54.6 Å². The Morgan fingerprint density at radius 1 is 1.15 bits per heavy atom. The summed E-state index contributed by atoms with van der Waals surface area (Å²) in [6.07, 6.45) is 1.99. The highest BCUT2D eigenvalue weighted by atomic mass is 19.1. The smallest absolute Gasteiger partial charge is 0.257 e. The zero-order valence-electron chi connectivity index (χ0n) is 20.1. The molecule has 0 fully saturated rings. The van der Waals surface area contributed by atoms with E-state index in [4.69, 9.17) is 5.10 Å². The van der Waals surface area contributed by atoms with Crippen molar-refractivity contribution in [2.24, 2.45) is 0 Å². The Hall–Kier alpha value is -3.15. The SMILES string of the molecule is CCC(CC)(NC(=O)c1c(C)nn2c1N[C@@H](c1ccccc1)CC2(C)C)c1ccccc1F.